The molecular weight excluding hydrogens is 371 g/mol. The quantitative estimate of drug-likeness (QED) is 0.579. The van der Waals surface area contributed by atoms with Crippen molar-refractivity contribution >= 4 is 40.8 Å². The number of ether oxygens (including phenoxy) is 1. The SMILES string of the molecule is COC(=O)c1nn(-c2ccc(Cl)cc2Cl)c(-c2ccccc2)c1Cl. The molecule has 0 bridgehead atoms. The molecule has 0 amide bonds. The van der Waals surface area contributed by atoms with Crippen LogP contribution in [-0.4, -0.2) is 22.9 Å². The molecule has 3 aromatic rings. The molecule has 4 nitrogen and oxygen atoms in total. The lowest BCUT2D eigenvalue weighted by Crippen LogP contribution is -2.05. The Bertz CT molecular complexity index is 908. The highest BCUT2D eigenvalue weighted by Crippen LogP contribution is 2.35. The molecule has 122 valence electrons. The van der Waals surface area contributed by atoms with Crippen LogP contribution in [0.3, 0.4) is 0 Å². The monoisotopic (exact) mass is 380 g/mol. The fourth-order valence-corrected chi connectivity index (χ4v) is 3.09. The summed E-state index contributed by atoms with van der Waals surface area (Å²) in [7, 11) is 1.27. The number of halogens is 3. The number of nitrogens with zero attached hydrogens (tertiary/aromatic N) is 2. The van der Waals surface area contributed by atoms with Crippen LogP contribution in [0.4, 0.5) is 0 Å². The van der Waals surface area contributed by atoms with Crippen LogP contribution in [0.2, 0.25) is 15.1 Å². The van der Waals surface area contributed by atoms with Gasteiger partial charge in [-0.2, -0.15) is 5.10 Å². The van der Waals surface area contributed by atoms with Crippen molar-refractivity contribution in [2.75, 3.05) is 7.11 Å². The van der Waals surface area contributed by atoms with E-state index in [1.54, 1.807) is 18.2 Å². The zero-order valence-corrected chi connectivity index (χ0v) is 14.7. The first-order valence-corrected chi connectivity index (χ1v) is 8.04. The lowest BCUT2D eigenvalue weighted by molar-refractivity contribution is 0.0593. The Morgan fingerprint density at radius 1 is 1.08 bits per heavy atom. The molecule has 0 saturated heterocycles. The first kappa shape index (κ1) is 16.8. The number of hydrogen-bond donors (Lipinski definition) is 0. The third-order valence-corrected chi connectivity index (χ3v) is 4.29. The van der Waals surface area contributed by atoms with E-state index in [9.17, 15) is 4.79 Å². The van der Waals surface area contributed by atoms with E-state index in [-0.39, 0.29) is 10.7 Å². The van der Waals surface area contributed by atoms with Gasteiger partial charge >= 0.3 is 5.97 Å². The Balaban J connectivity index is 2.30. The van der Waals surface area contributed by atoms with Crippen molar-refractivity contribution in [3.63, 3.8) is 0 Å². The highest BCUT2D eigenvalue weighted by Gasteiger charge is 2.25. The summed E-state index contributed by atoms with van der Waals surface area (Å²) in [4.78, 5) is 12.0. The molecule has 1 aromatic heterocycles. The molecule has 3 rings (SSSR count). The van der Waals surface area contributed by atoms with Gasteiger partial charge in [0.25, 0.3) is 0 Å². The normalized spacial score (nSPS) is 10.7. The fourth-order valence-electron chi connectivity index (χ4n) is 2.30. The van der Waals surface area contributed by atoms with Crippen LogP contribution in [0.15, 0.2) is 48.5 Å². The maximum Gasteiger partial charge on any atom is 0.360 e. The molecule has 0 radical (unpaired) electrons. The van der Waals surface area contributed by atoms with Crippen LogP contribution < -0.4 is 0 Å². The summed E-state index contributed by atoms with van der Waals surface area (Å²) in [5, 5.41) is 5.38. The fraction of sp³-hybridized carbons (Fsp3) is 0.0588. The minimum Gasteiger partial charge on any atom is -0.464 e. The second kappa shape index (κ2) is 6.85. The molecule has 24 heavy (non-hydrogen) atoms. The van der Waals surface area contributed by atoms with E-state index in [4.69, 9.17) is 39.5 Å². The second-order valence-electron chi connectivity index (χ2n) is 4.88. The number of carbonyl (C=O) groups excluding carboxylic acids is 1. The van der Waals surface area contributed by atoms with Gasteiger partial charge in [-0.05, 0) is 18.2 Å². The van der Waals surface area contributed by atoms with E-state index < -0.39 is 5.97 Å². The van der Waals surface area contributed by atoms with Gasteiger partial charge in [-0.3, -0.25) is 0 Å². The standard InChI is InChI=1S/C17H11Cl3N2O2/c1-24-17(23)15-14(20)16(10-5-3-2-4-6-10)22(21-15)13-8-7-11(18)9-12(13)19/h2-9H,1H3. The zero-order chi connectivity index (χ0) is 17.3. The minimum absolute atomic E-state index is 0.0176. The molecule has 1 heterocycles. The molecule has 0 spiro atoms. The van der Waals surface area contributed by atoms with Crippen molar-refractivity contribution in [2.24, 2.45) is 0 Å². The molecule has 0 atom stereocenters. The highest BCUT2D eigenvalue weighted by molar-refractivity contribution is 6.37. The highest BCUT2D eigenvalue weighted by atomic mass is 35.5. The Kier molecular flexibility index (Phi) is 4.81. The number of hydrogen-bond acceptors (Lipinski definition) is 3. The Hall–Kier alpha value is -2.01. The number of aromatic nitrogens is 2. The zero-order valence-electron chi connectivity index (χ0n) is 12.5. The van der Waals surface area contributed by atoms with E-state index in [1.165, 1.54) is 11.8 Å². The van der Waals surface area contributed by atoms with Crippen molar-refractivity contribution in [3.05, 3.63) is 69.3 Å². The summed E-state index contributed by atoms with van der Waals surface area (Å²) in [5.41, 5.74) is 1.90. The van der Waals surface area contributed by atoms with E-state index in [2.05, 4.69) is 5.10 Å². The van der Waals surface area contributed by atoms with Crippen molar-refractivity contribution in [1.82, 2.24) is 9.78 Å². The number of benzene rings is 2. The van der Waals surface area contributed by atoms with Crippen LogP contribution in [-0.2, 0) is 4.74 Å². The minimum atomic E-state index is -0.624. The van der Waals surface area contributed by atoms with Gasteiger partial charge < -0.3 is 4.74 Å². The van der Waals surface area contributed by atoms with Crippen molar-refractivity contribution in [2.45, 2.75) is 0 Å². The largest absolute Gasteiger partial charge is 0.464 e. The summed E-state index contributed by atoms with van der Waals surface area (Å²) in [5.74, 6) is -0.624. The van der Waals surface area contributed by atoms with E-state index >= 15 is 0 Å². The Morgan fingerprint density at radius 3 is 2.42 bits per heavy atom. The van der Waals surface area contributed by atoms with Crippen LogP contribution in [0.5, 0.6) is 0 Å². The maximum atomic E-state index is 12.0. The molecule has 0 N–H and O–H groups in total. The first-order valence-electron chi connectivity index (χ1n) is 6.90. The van der Waals surface area contributed by atoms with Crippen LogP contribution in [0, 0.1) is 0 Å². The average Bonchev–Trinajstić information content (AvgIpc) is 2.92. The summed E-state index contributed by atoms with van der Waals surface area (Å²) < 4.78 is 6.27. The van der Waals surface area contributed by atoms with Gasteiger partial charge in [-0.25, -0.2) is 9.48 Å². The molecule has 0 unspecified atom stereocenters. The van der Waals surface area contributed by atoms with E-state index in [0.717, 1.165) is 5.56 Å². The van der Waals surface area contributed by atoms with Gasteiger partial charge in [0.1, 0.15) is 5.02 Å². The van der Waals surface area contributed by atoms with Gasteiger partial charge in [0.2, 0.25) is 0 Å². The second-order valence-corrected chi connectivity index (χ2v) is 6.10. The summed E-state index contributed by atoms with van der Waals surface area (Å²) in [6, 6.07) is 14.3. The van der Waals surface area contributed by atoms with Crippen molar-refractivity contribution in [1.29, 1.82) is 0 Å². The first-order chi connectivity index (χ1) is 11.5. The number of carbonyl (C=O) groups is 1. The average molecular weight is 382 g/mol. The van der Waals surface area contributed by atoms with E-state index in [1.807, 2.05) is 30.3 Å². The summed E-state index contributed by atoms with van der Waals surface area (Å²) in [6.07, 6.45) is 0. The number of methoxy groups -OCH3 is 1. The lowest BCUT2D eigenvalue weighted by atomic mass is 10.1. The predicted molar refractivity (Wildman–Crippen MR) is 95.4 cm³/mol. The Morgan fingerprint density at radius 2 is 1.79 bits per heavy atom. The molecule has 0 saturated carbocycles. The van der Waals surface area contributed by atoms with Gasteiger partial charge in [0, 0.05) is 10.6 Å². The maximum absolute atomic E-state index is 12.0. The number of esters is 1. The van der Waals surface area contributed by atoms with Gasteiger partial charge in [-0.1, -0.05) is 65.1 Å². The van der Waals surface area contributed by atoms with Gasteiger partial charge in [-0.15, -0.1) is 0 Å². The molecule has 0 aliphatic heterocycles. The predicted octanol–water partition coefficient (Wildman–Crippen LogP) is 5.29. The van der Waals surface area contributed by atoms with Crippen LogP contribution in [0.25, 0.3) is 16.9 Å². The topological polar surface area (TPSA) is 44.1 Å². The summed E-state index contributed by atoms with van der Waals surface area (Å²) in [6.45, 7) is 0. The molecule has 2 aromatic carbocycles. The van der Waals surface area contributed by atoms with Crippen molar-refractivity contribution < 1.29 is 9.53 Å². The number of rotatable bonds is 3. The van der Waals surface area contributed by atoms with E-state index in [0.29, 0.717) is 21.4 Å². The molecule has 0 aliphatic carbocycles. The third-order valence-electron chi connectivity index (χ3n) is 3.39. The van der Waals surface area contributed by atoms with Gasteiger partial charge in [0.05, 0.1) is 23.5 Å². The Labute approximate surface area is 153 Å². The third kappa shape index (κ3) is 3.00. The van der Waals surface area contributed by atoms with Crippen LogP contribution >= 0.6 is 34.8 Å². The smallest absolute Gasteiger partial charge is 0.360 e. The lowest BCUT2D eigenvalue weighted by Gasteiger charge is -2.10. The molecule has 7 heteroatoms. The van der Waals surface area contributed by atoms with Crippen LogP contribution in [0.1, 0.15) is 10.5 Å². The molecule has 0 aliphatic rings. The summed E-state index contributed by atoms with van der Waals surface area (Å²) >= 11 is 18.7. The molecular formula is C17H11Cl3N2O2. The van der Waals surface area contributed by atoms with Gasteiger partial charge in [0.15, 0.2) is 5.69 Å². The van der Waals surface area contributed by atoms with Crippen molar-refractivity contribution in [3.8, 4) is 16.9 Å². The molecule has 0 fully saturated rings.